The average Bonchev–Trinajstić information content (AvgIpc) is 3.62. The van der Waals surface area contributed by atoms with E-state index in [1.165, 1.54) is 0 Å². The van der Waals surface area contributed by atoms with Crippen molar-refractivity contribution in [3.8, 4) is 33.9 Å². The molecule has 178 valence electrons. The van der Waals surface area contributed by atoms with Crippen LogP contribution in [-0.4, -0.2) is 66.6 Å². The number of pyridine rings is 3. The van der Waals surface area contributed by atoms with Gasteiger partial charge >= 0.3 is 0 Å². The van der Waals surface area contributed by atoms with Crippen LogP contribution in [0.25, 0.3) is 56.0 Å². The van der Waals surface area contributed by atoms with Gasteiger partial charge in [-0.1, -0.05) is 0 Å². The fourth-order valence-electron chi connectivity index (χ4n) is 4.05. The first-order valence-electron chi connectivity index (χ1n) is 11.2. The molecule has 3 N–H and O–H groups in total. The van der Waals surface area contributed by atoms with E-state index in [4.69, 9.17) is 9.40 Å². The quantitative estimate of drug-likeness (QED) is 0.328. The Kier molecular flexibility index (Phi) is 5.23. The Hall–Kier alpha value is -4.90. The van der Waals surface area contributed by atoms with Gasteiger partial charge in [-0.05, 0) is 38.4 Å². The fraction of sp³-hybridized carbons (Fsp3) is 0.120. The van der Waals surface area contributed by atoms with Crippen molar-refractivity contribution < 1.29 is 9.21 Å². The third kappa shape index (κ3) is 3.97. The zero-order valence-electron chi connectivity index (χ0n) is 19.5. The summed E-state index contributed by atoms with van der Waals surface area (Å²) in [6, 6.07) is 7.57. The first-order valence-corrected chi connectivity index (χ1v) is 11.2. The van der Waals surface area contributed by atoms with Crippen molar-refractivity contribution in [1.82, 2.24) is 40.0 Å². The van der Waals surface area contributed by atoms with Gasteiger partial charge in [0.05, 0.1) is 41.9 Å². The number of anilines is 1. The largest absolute Gasteiger partial charge is 0.472 e. The number of likely N-dealkylation sites (N-methyl/N-ethyl adjacent to an activating group) is 1. The number of amides is 1. The second-order valence-electron chi connectivity index (χ2n) is 8.59. The highest BCUT2D eigenvalue weighted by Crippen LogP contribution is 2.32. The maximum Gasteiger partial charge on any atom is 0.238 e. The van der Waals surface area contributed by atoms with Crippen LogP contribution in [0.15, 0.2) is 66.0 Å². The van der Waals surface area contributed by atoms with Crippen LogP contribution in [0.5, 0.6) is 0 Å². The fourth-order valence-corrected chi connectivity index (χ4v) is 4.05. The van der Waals surface area contributed by atoms with E-state index in [9.17, 15) is 4.79 Å². The summed E-state index contributed by atoms with van der Waals surface area (Å²) in [7, 11) is 3.68. The Morgan fingerprint density at radius 2 is 1.94 bits per heavy atom. The molecule has 0 spiro atoms. The molecule has 6 heterocycles. The van der Waals surface area contributed by atoms with Gasteiger partial charge in [0.15, 0.2) is 11.5 Å². The van der Waals surface area contributed by atoms with Crippen molar-refractivity contribution in [3.63, 3.8) is 0 Å². The maximum absolute atomic E-state index is 12.2. The normalized spacial score (nSPS) is 11.5. The predicted octanol–water partition coefficient (Wildman–Crippen LogP) is 3.72. The van der Waals surface area contributed by atoms with Crippen LogP contribution in [0.3, 0.4) is 0 Å². The number of nitrogens with one attached hydrogen (secondary N) is 3. The molecule has 11 nitrogen and oxygen atoms in total. The van der Waals surface area contributed by atoms with Gasteiger partial charge < -0.3 is 19.6 Å². The molecule has 36 heavy (non-hydrogen) atoms. The van der Waals surface area contributed by atoms with E-state index in [2.05, 4.69) is 35.5 Å². The molecule has 6 aromatic rings. The number of nitrogens with zero attached hydrogens (tertiary/aromatic N) is 6. The summed E-state index contributed by atoms with van der Waals surface area (Å²) in [6.45, 7) is 0.283. The second-order valence-corrected chi connectivity index (χ2v) is 8.59. The lowest BCUT2D eigenvalue weighted by Gasteiger charge is -2.10. The van der Waals surface area contributed by atoms with Crippen LogP contribution in [0.1, 0.15) is 0 Å². The summed E-state index contributed by atoms with van der Waals surface area (Å²) in [5, 5.41) is 11.1. The number of aromatic nitrogens is 7. The van der Waals surface area contributed by atoms with Crippen LogP contribution < -0.4 is 5.32 Å². The van der Waals surface area contributed by atoms with Crippen LogP contribution >= 0.6 is 0 Å². The lowest BCUT2D eigenvalue weighted by atomic mass is 10.1. The van der Waals surface area contributed by atoms with Gasteiger partial charge in [-0.15, -0.1) is 0 Å². The summed E-state index contributed by atoms with van der Waals surface area (Å²) in [6.07, 6.45) is 10.1. The number of carbonyl (C=O) groups is 1. The Labute approximate surface area is 204 Å². The molecule has 0 atom stereocenters. The monoisotopic (exact) mass is 479 g/mol. The van der Waals surface area contributed by atoms with Crippen LogP contribution in [-0.2, 0) is 4.79 Å². The Morgan fingerprint density at radius 3 is 2.78 bits per heavy atom. The molecule has 0 saturated heterocycles. The molecule has 0 aliphatic heterocycles. The SMILES string of the molecule is CN(C)CC(=O)Nc1cncc(-c2cnc3[nH]nc(-c4nc5c(-c6ccoc6)nccc5[nH]4)c3c2)c1. The topological polar surface area (TPSA) is 142 Å². The smallest absolute Gasteiger partial charge is 0.238 e. The first kappa shape index (κ1) is 21.6. The maximum atomic E-state index is 12.2. The van der Waals surface area contributed by atoms with Crippen LogP contribution in [0.2, 0.25) is 0 Å². The standard InChI is InChI=1S/C25H21N9O2/c1-34(2)12-20(35)29-17-7-15(9-26-11-17)16-8-18-22(32-33-24(18)28-10-16)25-30-19-3-5-27-21(23(19)31-25)14-4-6-36-13-14/h3-11,13H,12H2,1-2H3,(H,29,35)(H,30,31)(H,28,32,33). The number of hydrogen-bond donors (Lipinski definition) is 3. The van der Waals surface area contributed by atoms with Crippen LogP contribution in [0, 0.1) is 0 Å². The highest BCUT2D eigenvalue weighted by atomic mass is 16.3. The number of imidazole rings is 1. The van der Waals surface area contributed by atoms with Gasteiger partial charge in [0.1, 0.15) is 16.9 Å². The molecule has 0 aliphatic carbocycles. The zero-order valence-corrected chi connectivity index (χ0v) is 19.5. The van der Waals surface area contributed by atoms with Crippen molar-refractivity contribution in [2.75, 3.05) is 26.0 Å². The predicted molar refractivity (Wildman–Crippen MR) is 135 cm³/mol. The van der Waals surface area contributed by atoms with E-state index in [0.717, 1.165) is 38.8 Å². The number of furan rings is 1. The summed E-state index contributed by atoms with van der Waals surface area (Å²) in [5.74, 6) is 0.481. The minimum absolute atomic E-state index is 0.112. The van der Waals surface area contributed by atoms with Crippen molar-refractivity contribution >= 4 is 33.7 Å². The lowest BCUT2D eigenvalue weighted by molar-refractivity contribution is -0.116. The van der Waals surface area contributed by atoms with E-state index in [0.29, 0.717) is 22.9 Å². The Morgan fingerprint density at radius 1 is 1.06 bits per heavy atom. The Bertz CT molecular complexity index is 1700. The van der Waals surface area contributed by atoms with Gasteiger partial charge in [0.25, 0.3) is 0 Å². The van der Waals surface area contributed by atoms with Gasteiger partial charge in [-0.2, -0.15) is 5.10 Å². The van der Waals surface area contributed by atoms with Crippen molar-refractivity contribution in [2.45, 2.75) is 0 Å². The molecule has 11 heteroatoms. The van der Waals surface area contributed by atoms with Crippen LogP contribution in [0.4, 0.5) is 5.69 Å². The molecule has 0 saturated carbocycles. The molecule has 1 amide bonds. The lowest BCUT2D eigenvalue weighted by Crippen LogP contribution is -2.27. The second kappa shape index (κ2) is 8.71. The van der Waals surface area contributed by atoms with E-state index in [-0.39, 0.29) is 12.5 Å². The van der Waals surface area contributed by atoms with E-state index in [1.807, 2.05) is 38.4 Å². The van der Waals surface area contributed by atoms with Gasteiger partial charge in [0, 0.05) is 35.3 Å². The van der Waals surface area contributed by atoms with Crippen molar-refractivity contribution in [1.29, 1.82) is 0 Å². The molecule has 6 rings (SSSR count). The summed E-state index contributed by atoms with van der Waals surface area (Å²) in [5.41, 5.74) is 6.65. The molecule has 0 aromatic carbocycles. The molecular formula is C25H21N9O2. The summed E-state index contributed by atoms with van der Waals surface area (Å²) in [4.78, 5) is 35.4. The first-order chi connectivity index (χ1) is 17.5. The molecular weight excluding hydrogens is 458 g/mol. The number of rotatable bonds is 6. The molecule has 0 unspecified atom stereocenters. The highest BCUT2D eigenvalue weighted by Gasteiger charge is 2.17. The van der Waals surface area contributed by atoms with E-state index < -0.39 is 0 Å². The minimum Gasteiger partial charge on any atom is -0.472 e. The van der Waals surface area contributed by atoms with Crippen molar-refractivity contribution in [2.24, 2.45) is 0 Å². The number of carbonyl (C=O) groups excluding carboxylic acids is 1. The average molecular weight is 480 g/mol. The van der Waals surface area contributed by atoms with Gasteiger partial charge in [0.2, 0.25) is 5.91 Å². The van der Waals surface area contributed by atoms with Crippen molar-refractivity contribution in [3.05, 3.63) is 61.6 Å². The Balaban J connectivity index is 1.38. The van der Waals surface area contributed by atoms with E-state index in [1.54, 1.807) is 42.2 Å². The van der Waals surface area contributed by atoms with Gasteiger partial charge in [-0.25, -0.2) is 9.97 Å². The molecule has 0 bridgehead atoms. The highest BCUT2D eigenvalue weighted by molar-refractivity contribution is 5.96. The number of H-pyrrole nitrogens is 2. The third-order valence-corrected chi connectivity index (χ3v) is 5.65. The number of fused-ring (bicyclic) bond motifs is 2. The molecule has 6 aromatic heterocycles. The third-order valence-electron chi connectivity index (χ3n) is 5.65. The van der Waals surface area contributed by atoms with Gasteiger partial charge in [-0.3, -0.25) is 19.9 Å². The summed E-state index contributed by atoms with van der Waals surface area (Å²) >= 11 is 0. The molecule has 0 radical (unpaired) electrons. The number of aromatic amines is 2. The van der Waals surface area contributed by atoms with E-state index >= 15 is 0 Å². The molecule has 0 aliphatic rings. The number of hydrogen-bond acceptors (Lipinski definition) is 8. The zero-order chi connectivity index (χ0) is 24.6. The minimum atomic E-state index is -0.112. The summed E-state index contributed by atoms with van der Waals surface area (Å²) < 4.78 is 5.22. The molecule has 0 fully saturated rings.